The molecule has 2 atom stereocenters. The largest absolute Gasteiger partial charge is 0.345 e. The average molecular weight is 332 g/mol. The summed E-state index contributed by atoms with van der Waals surface area (Å²) < 4.78 is 0. The highest BCUT2D eigenvalue weighted by molar-refractivity contribution is 5.95. The lowest BCUT2D eigenvalue weighted by atomic mass is 10.1. The summed E-state index contributed by atoms with van der Waals surface area (Å²) >= 11 is 0. The van der Waals surface area contributed by atoms with Crippen molar-refractivity contribution >= 4 is 22.6 Å². The molecule has 0 aliphatic carbocycles. The van der Waals surface area contributed by atoms with Crippen LogP contribution < -0.4 is 4.90 Å². The van der Waals surface area contributed by atoms with E-state index in [-0.39, 0.29) is 5.91 Å². The van der Waals surface area contributed by atoms with Crippen molar-refractivity contribution in [3.8, 4) is 0 Å². The number of aromatic amines is 1. The van der Waals surface area contributed by atoms with Crippen LogP contribution in [0.2, 0.25) is 0 Å². The first-order valence-electron chi connectivity index (χ1n) is 8.87. The molecular formula is C20H20N4O. The maximum Gasteiger partial charge on any atom is 0.253 e. The first kappa shape index (κ1) is 14.5. The molecule has 3 heterocycles. The Hall–Kier alpha value is -2.82. The zero-order chi connectivity index (χ0) is 16.8. The number of anilines is 1. The number of amides is 1. The summed E-state index contributed by atoms with van der Waals surface area (Å²) in [5.74, 6) is 1.18. The lowest BCUT2D eigenvalue weighted by Crippen LogP contribution is -2.55. The molecule has 0 radical (unpaired) electrons. The fourth-order valence-electron chi connectivity index (χ4n) is 4.32. The number of benzene rings is 2. The number of piperazine rings is 1. The van der Waals surface area contributed by atoms with Crippen molar-refractivity contribution < 1.29 is 4.79 Å². The topological polar surface area (TPSA) is 52.2 Å². The minimum absolute atomic E-state index is 0.143. The van der Waals surface area contributed by atoms with Crippen LogP contribution in [0.15, 0.2) is 54.6 Å². The Labute approximate surface area is 146 Å². The number of carbonyl (C=O) groups is 1. The average Bonchev–Trinajstić information content (AvgIpc) is 3.19. The molecule has 2 unspecified atom stereocenters. The number of nitrogens with one attached hydrogen (secondary N) is 1. The fourth-order valence-corrected chi connectivity index (χ4v) is 4.32. The third-order valence-electron chi connectivity index (χ3n) is 5.48. The molecule has 2 saturated heterocycles. The van der Waals surface area contributed by atoms with Crippen LogP contribution in [0, 0.1) is 0 Å². The first-order chi connectivity index (χ1) is 12.3. The maximum absolute atomic E-state index is 12.8. The van der Waals surface area contributed by atoms with Gasteiger partial charge in [0.15, 0.2) is 5.82 Å². The van der Waals surface area contributed by atoms with Crippen molar-refractivity contribution in [3.05, 3.63) is 60.2 Å². The first-order valence-corrected chi connectivity index (χ1v) is 8.87. The predicted octanol–water partition coefficient (Wildman–Crippen LogP) is 3.06. The molecule has 126 valence electrons. The van der Waals surface area contributed by atoms with E-state index in [1.54, 1.807) is 0 Å². The molecule has 2 aromatic carbocycles. The smallest absolute Gasteiger partial charge is 0.253 e. The van der Waals surface area contributed by atoms with Crippen LogP contribution in [0.3, 0.4) is 0 Å². The highest BCUT2D eigenvalue weighted by Crippen LogP contribution is 2.37. The Morgan fingerprint density at radius 3 is 2.40 bits per heavy atom. The van der Waals surface area contributed by atoms with Gasteiger partial charge in [0.1, 0.15) is 0 Å². The van der Waals surface area contributed by atoms with Gasteiger partial charge in [-0.15, -0.1) is 0 Å². The molecular weight excluding hydrogens is 312 g/mol. The Morgan fingerprint density at radius 2 is 1.64 bits per heavy atom. The second kappa shape index (κ2) is 5.62. The van der Waals surface area contributed by atoms with Gasteiger partial charge in [0, 0.05) is 36.1 Å². The third-order valence-corrected chi connectivity index (χ3v) is 5.48. The molecule has 5 rings (SSSR count). The van der Waals surface area contributed by atoms with Crippen LogP contribution in [0.4, 0.5) is 5.82 Å². The molecule has 1 N–H and O–H groups in total. The minimum Gasteiger partial charge on any atom is -0.345 e. The summed E-state index contributed by atoms with van der Waals surface area (Å²) in [5, 5.41) is 8.90. The quantitative estimate of drug-likeness (QED) is 0.785. The number of nitrogens with zero attached hydrogens (tertiary/aromatic N) is 3. The van der Waals surface area contributed by atoms with E-state index in [0.29, 0.717) is 12.1 Å². The van der Waals surface area contributed by atoms with Gasteiger partial charge in [-0.2, -0.15) is 5.10 Å². The van der Waals surface area contributed by atoms with Crippen molar-refractivity contribution in [2.45, 2.75) is 24.9 Å². The van der Waals surface area contributed by atoms with E-state index in [1.165, 1.54) is 5.39 Å². The number of aromatic nitrogens is 2. The van der Waals surface area contributed by atoms with Crippen LogP contribution in [-0.4, -0.2) is 46.2 Å². The maximum atomic E-state index is 12.8. The van der Waals surface area contributed by atoms with E-state index in [2.05, 4.69) is 33.3 Å². The summed E-state index contributed by atoms with van der Waals surface area (Å²) in [7, 11) is 0. The van der Waals surface area contributed by atoms with Crippen molar-refractivity contribution in [1.29, 1.82) is 0 Å². The van der Waals surface area contributed by atoms with Gasteiger partial charge in [-0.1, -0.05) is 30.3 Å². The number of fused-ring (bicyclic) bond motifs is 3. The Bertz CT molecular complexity index is 906. The molecule has 2 aliphatic rings. The fraction of sp³-hybridized carbons (Fsp3) is 0.300. The van der Waals surface area contributed by atoms with E-state index >= 15 is 0 Å². The minimum atomic E-state index is 0.143. The molecule has 1 aromatic heterocycles. The summed E-state index contributed by atoms with van der Waals surface area (Å²) in [6, 6.07) is 18.5. The van der Waals surface area contributed by atoms with E-state index in [0.717, 1.165) is 42.8 Å². The number of para-hydroxylation sites is 1. The molecule has 2 bridgehead atoms. The van der Waals surface area contributed by atoms with Gasteiger partial charge in [-0.05, 0) is 37.1 Å². The molecule has 2 aliphatic heterocycles. The van der Waals surface area contributed by atoms with Crippen molar-refractivity contribution in [1.82, 2.24) is 15.1 Å². The van der Waals surface area contributed by atoms with E-state index in [4.69, 9.17) is 0 Å². The van der Waals surface area contributed by atoms with Gasteiger partial charge >= 0.3 is 0 Å². The summed E-state index contributed by atoms with van der Waals surface area (Å²) in [4.78, 5) is 17.3. The molecule has 5 heteroatoms. The molecule has 25 heavy (non-hydrogen) atoms. The Balaban J connectivity index is 1.43. The van der Waals surface area contributed by atoms with Crippen LogP contribution in [0.25, 0.3) is 10.9 Å². The number of likely N-dealkylation sites (tertiary alicyclic amines) is 1. The van der Waals surface area contributed by atoms with Gasteiger partial charge in [0.2, 0.25) is 0 Å². The number of hydrogen-bond acceptors (Lipinski definition) is 3. The molecule has 3 aromatic rings. The van der Waals surface area contributed by atoms with Gasteiger partial charge in [-0.25, -0.2) is 0 Å². The zero-order valence-corrected chi connectivity index (χ0v) is 13.9. The molecule has 1 amide bonds. The highest BCUT2D eigenvalue weighted by Gasteiger charge is 2.42. The number of rotatable bonds is 2. The van der Waals surface area contributed by atoms with Crippen LogP contribution in [0.1, 0.15) is 23.2 Å². The van der Waals surface area contributed by atoms with Gasteiger partial charge in [0.25, 0.3) is 5.91 Å². The molecule has 0 spiro atoms. The van der Waals surface area contributed by atoms with E-state index < -0.39 is 0 Å². The number of hydrogen-bond donors (Lipinski definition) is 1. The normalized spacial score (nSPS) is 22.6. The van der Waals surface area contributed by atoms with E-state index in [1.807, 2.05) is 41.3 Å². The van der Waals surface area contributed by atoms with Gasteiger partial charge < -0.3 is 9.80 Å². The number of H-pyrrole nitrogens is 1. The Morgan fingerprint density at radius 1 is 0.960 bits per heavy atom. The van der Waals surface area contributed by atoms with Crippen molar-refractivity contribution in [2.75, 3.05) is 18.0 Å². The summed E-state index contributed by atoms with van der Waals surface area (Å²) in [5.41, 5.74) is 1.85. The van der Waals surface area contributed by atoms with Crippen molar-refractivity contribution in [2.24, 2.45) is 0 Å². The van der Waals surface area contributed by atoms with E-state index in [9.17, 15) is 4.79 Å². The molecule has 0 saturated carbocycles. The Kier molecular flexibility index (Phi) is 3.26. The summed E-state index contributed by atoms with van der Waals surface area (Å²) in [6.45, 7) is 1.54. The van der Waals surface area contributed by atoms with Crippen LogP contribution in [0.5, 0.6) is 0 Å². The van der Waals surface area contributed by atoms with Gasteiger partial charge in [0.05, 0.1) is 5.52 Å². The monoisotopic (exact) mass is 332 g/mol. The standard InChI is InChI=1S/C20H20N4O/c25-20(14-6-2-1-3-7-14)23-12-15-10-11-16(13-23)24(15)19-17-8-4-5-9-18(17)21-22-19/h1-9,15-16H,10-13H2,(H,21,22). The highest BCUT2D eigenvalue weighted by atomic mass is 16.2. The second-order valence-electron chi connectivity index (χ2n) is 6.96. The molecule has 2 fully saturated rings. The predicted molar refractivity (Wildman–Crippen MR) is 97.7 cm³/mol. The lowest BCUT2D eigenvalue weighted by molar-refractivity contribution is 0.0717. The summed E-state index contributed by atoms with van der Waals surface area (Å²) in [6.07, 6.45) is 2.23. The van der Waals surface area contributed by atoms with Crippen LogP contribution >= 0.6 is 0 Å². The second-order valence-corrected chi connectivity index (χ2v) is 6.96. The SMILES string of the molecule is O=C(c1ccccc1)N1CC2CCC(C1)N2c1n[nH]c2ccccc12. The van der Waals surface area contributed by atoms with Crippen molar-refractivity contribution in [3.63, 3.8) is 0 Å². The lowest BCUT2D eigenvalue weighted by Gasteiger charge is -2.41. The number of carbonyl (C=O) groups excluding carboxylic acids is 1. The molecule has 5 nitrogen and oxygen atoms in total. The third kappa shape index (κ3) is 2.30. The van der Waals surface area contributed by atoms with Gasteiger partial charge in [-0.3, -0.25) is 9.89 Å². The van der Waals surface area contributed by atoms with Crippen LogP contribution in [-0.2, 0) is 0 Å². The zero-order valence-electron chi connectivity index (χ0n) is 13.9.